The fourth-order valence-corrected chi connectivity index (χ4v) is 1.89. The van der Waals surface area contributed by atoms with E-state index in [9.17, 15) is 4.79 Å². The van der Waals surface area contributed by atoms with Gasteiger partial charge < -0.3 is 15.3 Å². The van der Waals surface area contributed by atoms with Gasteiger partial charge in [0.1, 0.15) is 23.5 Å². The molecule has 2 heterocycles. The van der Waals surface area contributed by atoms with Gasteiger partial charge in [-0.1, -0.05) is 29.4 Å². The number of nitrogens with two attached hydrogens (primary N) is 1. The van der Waals surface area contributed by atoms with Crippen molar-refractivity contribution in [2.45, 2.75) is 0 Å². The molecule has 1 aromatic carbocycles. The average molecular weight is 269 g/mol. The molecule has 100 valence electrons. The van der Waals surface area contributed by atoms with E-state index in [2.05, 4.69) is 25.4 Å². The number of amides is 1. The van der Waals surface area contributed by atoms with Crippen molar-refractivity contribution in [1.29, 1.82) is 0 Å². The molecule has 4 N–H and O–H groups in total. The molecular weight excluding hydrogens is 258 g/mol. The first-order valence-electron chi connectivity index (χ1n) is 5.85. The molecule has 20 heavy (non-hydrogen) atoms. The molecule has 0 radical (unpaired) electrons. The molecule has 7 heteroatoms. The monoisotopic (exact) mass is 269 g/mol. The summed E-state index contributed by atoms with van der Waals surface area (Å²) in [6, 6.07) is 9.21. The normalized spacial score (nSPS) is 10.4. The van der Waals surface area contributed by atoms with E-state index in [0.717, 1.165) is 10.8 Å². The second-order valence-corrected chi connectivity index (χ2v) is 4.09. The topological polar surface area (TPSA) is 106 Å². The number of carbonyl (C=O) groups excluding carboxylic acids is 1. The van der Waals surface area contributed by atoms with Gasteiger partial charge in [-0.15, -0.1) is 0 Å². The van der Waals surface area contributed by atoms with Gasteiger partial charge in [-0.05, 0) is 11.5 Å². The third-order valence-electron chi connectivity index (χ3n) is 2.80. The molecule has 3 rings (SSSR count). The van der Waals surface area contributed by atoms with Gasteiger partial charge in [0.2, 0.25) is 0 Å². The maximum Gasteiger partial charge on any atom is 0.274 e. The Kier molecular flexibility index (Phi) is 3.02. The lowest BCUT2D eigenvalue weighted by Gasteiger charge is -2.08. The Bertz CT molecular complexity index is 755. The van der Waals surface area contributed by atoms with Gasteiger partial charge >= 0.3 is 0 Å². The van der Waals surface area contributed by atoms with Crippen molar-refractivity contribution in [2.24, 2.45) is 5.84 Å². The fraction of sp³-hybridized carbons (Fsp3) is 0. The quantitative estimate of drug-likeness (QED) is 0.494. The Labute approximate surface area is 113 Å². The molecule has 0 bridgehead atoms. The van der Waals surface area contributed by atoms with Gasteiger partial charge in [0.25, 0.3) is 5.91 Å². The second kappa shape index (κ2) is 4.98. The lowest BCUT2D eigenvalue weighted by molar-refractivity contribution is 0.102. The lowest BCUT2D eigenvalue weighted by Crippen LogP contribution is -2.16. The molecule has 2 aromatic heterocycles. The van der Waals surface area contributed by atoms with E-state index in [-0.39, 0.29) is 11.6 Å². The SMILES string of the molecule is NNc1nc(C(=O)Nc2cnoc2)cc2ccccc12. The van der Waals surface area contributed by atoms with Gasteiger partial charge in [-0.2, -0.15) is 0 Å². The van der Waals surface area contributed by atoms with Crippen LogP contribution in [-0.2, 0) is 0 Å². The molecule has 0 fully saturated rings. The lowest BCUT2D eigenvalue weighted by atomic mass is 10.1. The molecule has 0 saturated heterocycles. The highest BCUT2D eigenvalue weighted by Gasteiger charge is 2.12. The molecular formula is C13H11N5O2. The zero-order valence-electron chi connectivity index (χ0n) is 10.3. The summed E-state index contributed by atoms with van der Waals surface area (Å²) in [4.78, 5) is 16.3. The molecule has 0 aliphatic carbocycles. The van der Waals surface area contributed by atoms with Crippen LogP contribution in [0.1, 0.15) is 10.5 Å². The molecule has 0 unspecified atom stereocenters. The summed E-state index contributed by atoms with van der Waals surface area (Å²) < 4.78 is 4.65. The molecule has 0 aliphatic rings. The van der Waals surface area contributed by atoms with Gasteiger partial charge in [-0.25, -0.2) is 10.8 Å². The summed E-state index contributed by atoms with van der Waals surface area (Å²) >= 11 is 0. The predicted octanol–water partition coefficient (Wildman–Crippen LogP) is 1.76. The minimum absolute atomic E-state index is 0.248. The molecule has 0 spiro atoms. The highest BCUT2D eigenvalue weighted by Crippen LogP contribution is 2.22. The van der Waals surface area contributed by atoms with Crippen LogP contribution in [0.25, 0.3) is 10.8 Å². The number of nitrogen functional groups attached to an aromatic ring is 1. The molecule has 0 aliphatic heterocycles. The minimum atomic E-state index is -0.365. The Morgan fingerprint density at radius 3 is 2.90 bits per heavy atom. The fourth-order valence-electron chi connectivity index (χ4n) is 1.89. The summed E-state index contributed by atoms with van der Waals surface area (Å²) in [6.07, 6.45) is 2.74. The highest BCUT2D eigenvalue weighted by atomic mass is 16.5. The summed E-state index contributed by atoms with van der Waals surface area (Å²) in [5.41, 5.74) is 3.22. The number of benzene rings is 1. The van der Waals surface area contributed by atoms with Crippen molar-refractivity contribution in [3.63, 3.8) is 0 Å². The van der Waals surface area contributed by atoms with E-state index in [1.165, 1.54) is 12.5 Å². The summed E-state index contributed by atoms with van der Waals surface area (Å²) in [5.74, 6) is 5.53. The number of hydrogen-bond acceptors (Lipinski definition) is 6. The molecule has 0 atom stereocenters. The number of hydrogen-bond donors (Lipinski definition) is 3. The van der Waals surface area contributed by atoms with E-state index >= 15 is 0 Å². The first-order valence-corrected chi connectivity index (χ1v) is 5.85. The minimum Gasteiger partial charge on any atom is -0.363 e. The zero-order valence-corrected chi connectivity index (χ0v) is 10.3. The van der Waals surface area contributed by atoms with Crippen LogP contribution < -0.4 is 16.6 Å². The smallest absolute Gasteiger partial charge is 0.274 e. The number of carbonyl (C=O) groups is 1. The number of aromatic nitrogens is 2. The van der Waals surface area contributed by atoms with Crippen molar-refractivity contribution in [3.05, 3.63) is 48.5 Å². The van der Waals surface area contributed by atoms with E-state index in [0.29, 0.717) is 11.5 Å². The maximum absolute atomic E-state index is 12.1. The van der Waals surface area contributed by atoms with Crippen molar-refractivity contribution < 1.29 is 9.32 Å². The molecule has 1 amide bonds. The van der Waals surface area contributed by atoms with Crippen molar-refractivity contribution in [2.75, 3.05) is 10.7 Å². The van der Waals surface area contributed by atoms with Crippen LogP contribution >= 0.6 is 0 Å². The number of rotatable bonds is 3. The Morgan fingerprint density at radius 1 is 1.30 bits per heavy atom. The Morgan fingerprint density at radius 2 is 2.15 bits per heavy atom. The summed E-state index contributed by atoms with van der Waals surface area (Å²) in [6.45, 7) is 0. The largest absolute Gasteiger partial charge is 0.363 e. The van der Waals surface area contributed by atoms with Crippen molar-refractivity contribution in [1.82, 2.24) is 10.1 Å². The molecule has 0 saturated carbocycles. The van der Waals surface area contributed by atoms with Crippen LogP contribution in [0.3, 0.4) is 0 Å². The van der Waals surface area contributed by atoms with Crippen LogP contribution in [0.2, 0.25) is 0 Å². The standard InChI is InChI=1S/C13H11N5O2/c14-18-12-10-4-2-1-3-8(10)5-11(17-12)13(19)16-9-6-15-20-7-9/h1-7H,14H2,(H,16,19)(H,17,18). The van der Waals surface area contributed by atoms with Crippen LogP contribution in [0.5, 0.6) is 0 Å². The van der Waals surface area contributed by atoms with Gasteiger partial charge in [0.15, 0.2) is 0 Å². The van der Waals surface area contributed by atoms with Crippen LogP contribution in [-0.4, -0.2) is 16.0 Å². The van der Waals surface area contributed by atoms with Gasteiger partial charge in [0.05, 0.1) is 6.20 Å². The van der Waals surface area contributed by atoms with Crippen molar-refractivity contribution >= 4 is 28.2 Å². The first-order chi connectivity index (χ1) is 9.78. The second-order valence-electron chi connectivity index (χ2n) is 4.09. The van der Waals surface area contributed by atoms with E-state index < -0.39 is 0 Å². The Balaban J connectivity index is 2.01. The van der Waals surface area contributed by atoms with E-state index in [4.69, 9.17) is 5.84 Å². The first kappa shape index (κ1) is 12.1. The maximum atomic E-state index is 12.1. The van der Waals surface area contributed by atoms with Crippen LogP contribution in [0, 0.1) is 0 Å². The van der Waals surface area contributed by atoms with E-state index in [1.807, 2.05) is 24.3 Å². The number of anilines is 2. The third-order valence-corrected chi connectivity index (χ3v) is 2.80. The highest BCUT2D eigenvalue weighted by molar-refractivity contribution is 6.06. The zero-order chi connectivity index (χ0) is 13.9. The summed E-state index contributed by atoms with van der Waals surface area (Å²) in [7, 11) is 0. The molecule has 3 aromatic rings. The third kappa shape index (κ3) is 2.17. The van der Waals surface area contributed by atoms with Gasteiger partial charge in [0, 0.05) is 5.39 Å². The van der Waals surface area contributed by atoms with Crippen molar-refractivity contribution in [3.8, 4) is 0 Å². The van der Waals surface area contributed by atoms with E-state index in [1.54, 1.807) is 6.07 Å². The van der Waals surface area contributed by atoms with Crippen LogP contribution in [0.15, 0.2) is 47.3 Å². The predicted molar refractivity (Wildman–Crippen MR) is 74.0 cm³/mol. The number of nitrogens with zero attached hydrogens (tertiary/aromatic N) is 2. The van der Waals surface area contributed by atoms with Crippen LogP contribution in [0.4, 0.5) is 11.5 Å². The number of hydrazine groups is 1. The average Bonchev–Trinajstić information content (AvgIpc) is 2.99. The Hall–Kier alpha value is -2.93. The number of pyridine rings is 1. The number of fused-ring (bicyclic) bond motifs is 1. The summed E-state index contributed by atoms with van der Waals surface area (Å²) in [5, 5.41) is 7.85. The molecule has 7 nitrogen and oxygen atoms in total. The number of nitrogens with one attached hydrogen (secondary N) is 2. The van der Waals surface area contributed by atoms with Gasteiger partial charge in [-0.3, -0.25) is 4.79 Å².